The molecular formula is C44H25NO3. The first-order chi connectivity index (χ1) is 23.6. The van der Waals surface area contributed by atoms with Crippen molar-refractivity contribution >= 4 is 59.8 Å². The van der Waals surface area contributed by atoms with Crippen LogP contribution >= 0.6 is 0 Å². The Morgan fingerprint density at radius 1 is 0.333 bits per heavy atom. The van der Waals surface area contributed by atoms with Crippen LogP contribution < -0.4 is 11.1 Å². The number of pyridine rings is 2. The summed E-state index contributed by atoms with van der Waals surface area (Å²) in [7, 11) is 0. The van der Waals surface area contributed by atoms with Crippen molar-refractivity contribution in [2.45, 2.75) is 0 Å². The lowest BCUT2D eigenvalue weighted by atomic mass is 9.92. The summed E-state index contributed by atoms with van der Waals surface area (Å²) in [6.45, 7) is 0. The molecule has 48 heavy (non-hydrogen) atoms. The molecule has 3 aromatic heterocycles. The predicted molar refractivity (Wildman–Crippen MR) is 197 cm³/mol. The fourth-order valence-electron chi connectivity index (χ4n) is 7.43. The average Bonchev–Trinajstić information content (AvgIpc) is 3.53. The number of rotatable bonds is 3. The minimum atomic E-state index is -0.309. The van der Waals surface area contributed by atoms with Crippen LogP contribution in [0, 0.1) is 0 Å². The van der Waals surface area contributed by atoms with Gasteiger partial charge in [0.25, 0.3) is 11.1 Å². The number of hydrogen-bond donors (Lipinski definition) is 0. The summed E-state index contributed by atoms with van der Waals surface area (Å²) >= 11 is 0. The SMILES string of the molecule is O=c1c2cc(-c3ccccc3)ccc2c2cc(-c3ccc4oc5ccccc5c4c3)cc3c4ccc(-c5ccccc5)cc4c(=O)n1c23. The van der Waals surface area contributed by atoms with Crippen LogP contribution in [0.15, 0.2) is 166 Å². The van der Waals surface area contributed by atoms with Gasteiger partial charge in [-0.25, -0.2) is 4.40 Å². The van der Waals surface area contributed by atoms with Crippen molar-refractivity contribution in [1.82, 2.24) is 4.40 Å². The van der Waals surface area contributed by atoms with Crippen LogP contribution in [0.25, 0.3) is 93.2 Å². The van der Waals surface area contributed by atoms with Crippen LogP contribution in [0.3, 0.4) is 0 Å². The van der Waals surface area contributed by atoms with Crippen LogP contribution in [0.2, 0.25) is 0 Å². The Labute approximate surface area is 273 Å². The molecule has 3 heterocycles. The maximum atomic E-state index is 14.4. The van der Waals surface area contributed by atoms with E-state index >= 15 is 0 Å². The summed E-state index contributed by atoms with van der Waals surface area (Å²) in [6.07, 6.45) is 0. The lowest BCUT2D eigenvalue weighted by Crippen LogP contribution is -2.27. The van der Waals surface area contributed by atoms with Crippen LogP contribution in [0.1, 0.15) is 0 Å². The van der Waals surface area contributed by atoms with E-state index in [0.29, 0.717) is 16.3 Å². The number of fused-ring (bicyclic) bond motifs is 7. The number of furan rings is 1. The minimum absolute atomic E-state index is 0.309. The third-order valence-electron chi connectivity index (χ3n) is 9.74. The number of aromatic nitrogens is 1. The first-order valence-corrected chi connectivity index (χ1v) is 16.0. The van der Waals surface area contributed by atoms with Crippen molar-refractivity contribution in [3.05, 3.63) is 172 Å². The van der Waals surface area contributed by atoms with E-state index in [0.717, 1.165) is 76.9 Å². The molecule has 0 N–H and O–H groups in total. The van der Waals surface area contributed by atoms with Crippen molar-refractivity contribution in [2.75, 3.05) is 0 Å². The number of para-hydroxylation sites is 1. The van der Waals surface area contributed by atoms with E-state index in [1.165, 1.54) is 4.40 Å². The van der Waals surface area contributed by atoms with Gasteiger partial charge >= 0.3 is 0 Å². The molecular weight excluding hydrogens is 590 g/mol. The van der Waals surface area contributed by atoms with E-state index in [4.69, 9.17) is 4.42 Å². The normalized spacial score (nSPS) is 11.9. The highest BCUT2D eigenvalue weighted by Gasteiger charge is 2.20. The smallest absolute Gasteiger partial charge is 0.266 e. The highest BCUT2D eigenvalue weighted by molar-refractivity contribution is 6.20. The highest BCUT2D eigenvalue weighted by atomic mass is 16.3. The molecule has 4 nitrogen and oxygen atoms in total. The molecule has 4 heteroatoms. The van der Waals surface area contributed by atoms with E-state index in [2.05, 4.69) is 42.5 Å². The second-order valence-electron chi connectivity index (χ2n) is 12.4. The van der Waals surface area contributed by atoms with E-state index in [1.807, 2.05) is 109 Å². The fraction of sp³-hybridized carbons (Fsp3) is 0. The second kappa shape index (κ2) is 9.99. The van der Waals surface area contributed by atoms with Crippen LogP contribution in [0.5, 0.6) is 0 Å². The topological polar surface area (TPSA) is 51.7 Å². The summed E-state index contributed by atoms with van der Waals surface area (Å²) in [6, 6.07) is 50.6. The standard InChI is InChI=1S/C44H25NO3/c46-43-38-22-28(26-9-3-1-4-10-26)15-18-32(38)36-24-31(30-17-20-41-35(21-30)34-13-7-8-14-40(34)48-41)25-37-33-19-16-29(27-11-5-2-6-12-27)23-39(33)44(47)45(43)42(36)37/h1-25H. The van der Waals surface area contributed by atoms with Gasteiger partial charge in [-0.1, -0.05) is 109 Å². The molecule has 0 aliphatic heterocycles. The van der Waals surface area contributed by atoms with Gasteiger partial charge in [0, 0.05) is 32.3 Å². The molecule has 0 aliphatic rings. The second-order valence-corrected chi connectivity index (χ2v) is 12.4. The van der Waals surface area contributed by atoms with Gasteiger partial charge < -0.3 is 4.42 Å². The Balaban J connectivity index is 1.34. The molecule has 0 fully saturated rings. The van der Waals surface area contributed by atoms with Crippen molar-refractivity contribution in [3.63, 3.8) is 0 Å². The largest absolute Gasteiger partial charge is 0.456 e. The molecule has 224 valence electrons. The zero-order valence-corrected chi connectivity index (χ0v) is 25.6. The average molecular weight is 616 g/mol. The molecule has 0 amide bonds. The maximum absolute atomic E-state index is 14.4. The lowest BCUT2D eigenvalue weighted by Gasteiger charge is -2.16. The number of hydrogen-bond acceptors (Lipinski definition) is 3. The van der Waals surface area contributed by atoms with Crippen molar-refractivity contribution in [1.29, 1.82) is 0 Å². The Hall–Kier alpha value is -6.52. The molecule has 0 saturated heterocycles. The van der Waals surface area contributed by atoms with Gasteiger partial charge in [-0.15, -0.1) is 0 Å². The first-order valence-electron chi connectivity index (χ1n) is 16.0. The van der Waals surface area contributed by atoms with Gasteiger partial charge in [0.05, 0.1) is 5.52 Å². The summed E-state index contributed by atoms with van der Waals surface area (Å²) in [5.41, 5.74) is 7.61. The molecule has 7 aromatic carbocycles. The molecule has 0 spiro atoms. The third kappa shape index (κ3) is 3.83. The Bertz CT molecular complexity index is 2880. The molecule has 0 atom stereocenters. The molecule has 0 unspecified atom stereocenters. The number of nitrogens with zero attached hydrogens (tertiary/aromatic N) is 1. The van der Waals surface area contributed by atoms with Gasteiger partial charge in [0.15, 0.2) is 0 Å². The van der Waals surface area contributed by atoms with Crippen molar-refractivity contribution < 1.29 is 4.42 Å². The van der Waals surface area contributed by atoms with Gasteiger partial charge in [-0.3, -0.25) is 9.59 Å². The summed E-state index contributed by atoms with van der Waals surface area (Å²) < 4.78 is 7.53. The van der Waals surface area contributed by atoms with E-state index in [-0.39, 0.29) is 11.1 Å². The van der Waals surface area contributed by atoms with Crippen molar-refractivity contribution in [3.8, 4) is 33.4 Å². The molecule has 0 bridgehead atoms. The van der Waals surface area contributed by atoms with E-state index < -0.39 is 0 Å². The van der Waals surface area contributed by atoms with Gasteiger partial charge in [-0.2, -0.15) is 0 Å². The summed E-state index contributed by atoms with van der Waals surface area (Å²) in [4.78, 5) is 28.9. The third-order valence-corrected chi connectivity index (χ3v) is 9.74. The van der Waals surface area contributed by atoms with Crippen LogP contribution in [0.4, 0.5) is 0 Å². The zero-order valence-electron chi connectivity index (χ0n) is 25.6. The maximum Gasteiger partial charge on any atom is 0.266 e. The van der Waals surface area contributed by atoms with Crippen LogP contribution in [-0.4, -0.2) is 4.40 Å². The summed E-state index contributed by atoms with van der Waals surface area (Å²) in [5.74, 6) is 0. The number of benzene rings is 7. The highest BCUT2D eigenvalue weighted by Crippen LogP contribution is 2.39. The predicted octanol–water partition coefficient (Wildman–Crippen LogP) is 10.5. The minimum Gasteiger partial charge on any atom is -0.456 e. The Morgan fingerprint density at radius 2 is 0.792 bits per heavy atom. The summed E-state index contributed by atoms with van der Waals surface area (Å²) in [5, 5.41) is 6.50. The first kappa shape index (κ1) is 26.7. The van der Waals surface area contributed by atoms with Crippen molar-refractivity contribution in [2.24, 2.45) is 0 Å². The quantitative estimate of drug-likeness (QED) is 0.147. The fourth-order valence-corrected chi connectivity index (χ4v) is 7.43. The Kier molecular flexibility index (Phi) is 5.55. The molecule has 0 aliphatic carbocycles. The van der Waals surface area contributed by atoms with E-state index in [9.17, 15) is 9.59 Å². The lowest BCUT2D eigenvalue weighted by molar-refractivity contribution is 0.669. The van der Waals surface area contributed by atoms with E-state index in [1.54, 1.807) is 0 Å². The molecule has 10 aromatic rings. The molecule has 10 rings (SSSR count). The zero-order chi connectivity index (χ0) is 31.9. The molecule has 0 saturated carbocycles. The van der Waals surface area contributed by atoms with Gasteiger partial charge in [-0.05, 0) is 86.6 Å². The Morgan fingerprint density at radius 3 is 1.40 bits per heavy atom. The molecule has 0 radical (unpaired) electrons. The van der Waals surface area contributed by atoms with Gasteiger partial charge in [0.1, 0.15) is 11.2 Å². The monoisotopic (exact) mass is 615 g/mol. The van der Waals surface area contributed by atoms with Gasteiger partial charge in [0.2, 0.25) is 0 Å². The van der Waals surface area contributed by atoms with Crippen LogP contribution in [-0.2, 0) is 0 Å².